The summed E-state index contributed by atoms with van der Waals surface area (Å²) in [6.45, 7) is -1.82. The molecule has 11 nitrogen and oxygen atoms in total. The molecular formula is C37H35F3N2O9. The molecule has 5 rings (SSSR count). The van der Waals surface area contributed by atoms with Crippen LogP contribution >= 0.6 is 0 Å². The number of rotatable bonds is 13. The van der Waals surface area contributed by atoms with Gasteiger partial charge in [0, 0.05) is 48.7 Å². The molecule has 51 heavy (non-hydrogen) atoms. The number of halogens is 3. The van der Waals surface area contributed by atoms with Crippen LogP contribution in [0.4, 0.5) is 13.2 Å². The number of carbonyl (C=O) groups is 4. The molecule has 2 aliphatic rings. The van der Waals surface area contributed by atoms with Gasteiger partial charge >= 0.3 is 18.1 Å². The predicted octanol–water partition coefficient (Wildman–Crippen LogP) is 3.96. The molecule has 3 unspecified atom stereocenters. The average Bonchev–Trinajstić information content (AvgIpc) is 3.54. The zero-order valence-corrected chi connectivity index (χ0v) is 27.1. The van der Waals surface area contributed by atoms with Gasteiger partial charge in [-0.3, -0.25) is 9.59 Å². The van der Waals surface area contributed by atoms with Gasteiger partial charge in [0.2, 0.25) is 17.6 Å². The Morgan fingerprint density at radius 2 is 1.53 bits per heavy atom. The molecule has 1 heterocycles. The lowest BCUT2D eigenvalue weighted by atomic mass is 9.91. The molecule has 2 amide bonds. The molecule has 0 radical (unpaired) electrons. The highest BCUT2D eigenvalue weighted by Gasteiger charge is 2.55. The fourth-order valence-corrected chi connectivity index (χ4v) is 5.58. The quantitative estimate of drug-likeness (QED) is 0.177. The van der Waals surface area contributed by atoms with Gasteiger partial charge in [-0.1, -0.05) is 72.8 Å². The molecule has 3 aromatic rings. The molecule has 3 atom stereocenters. The minimum Gasteiger partial charge on any atom is -0.456 e. The third kappa shape index (κ3) is 9.69. The largest absolute Gasteiger partial charge is 0.456 e. The van der Waals surface area contributed by atoms with E-state index in [1.54, 1.807) is 6.08 Å². The Morgan fingerprint density at radius 3 is 2.14 bits per heavy atom. The molecule has 268 valence electrons. The van der Waals surface area contributed by atoms with Crippen LogP contribution in [0.25, 0.3) is 6.08 Å². The van der Waals surface area contributed by atoms with Crippen LogP contribution in [-0.2, 0) is 39.1 Å². The van der Waals surface area contributed by atoms with E-state index in [1.165, 1.54) is 30.3 Å². The first-order valence-corrected chi connectivity index (χ1v) is 16.0. The maximum Gasteiger partial charge on any atom is 0.422 e. The first-order chi connectivity index (χ1) is 24.5. The summed E-state index contributed by atoms with van der Waals surface area (Å²) in [6.07, 6.45) is -3.69. The molecule has 0 bridgehead atoms. The van der Waals surface area contributed by atoms with Crippen LogP contribution < -0.4 is 10.6 Å². The Hall–Kier alpha value is -5.31. The third-order valence-corrected chi connectivity index (χ3v) is 7.95. The maximum absolute atomic E-state index is 13.5. The SMILES string of the molecule is O=C(CCNC(=O)C1=CC2OC(c3ccccc3)(c3ccccc3)OC2C(OC(=O)c2ccc(C=CC(=O)OCC(F)(F)F)cc2)C1)NCCO. The van der Waals surface area contributed by atoms with Gasteiger partial charge in [0.1, 0.15) is 18.3 Å². The van der Waals surface area contributed by atoms with E-state index < -0.39 is 54.7 Å². The molecule has 0 aromatic heterocycles. The number of ether oxygens (including phenoxy) is 4. The molecular weight excluding hydrogens is 673 g/mol. The van der Waals surface area contributed by atoms with Gasteiger partial charge in [-0.25, -0.2) is 9.59 Å². The van der Waals surface area contributed by atoms with Crippen molar-refractivity contribution >= 4 is 29.8 Å². The standard InChI is InChI=1S/C37H35F3N2O9/c38-36(39,40)23-48-32(45)16-13-24-11-14-25(15-12-24)35(47)49-29-21-26(34(46)42-18-17-31(44)41-19-20-43)22-30-33(29)51-37(50-30,27-7-3-1-4-8-27)28-9-5-2-6-10-28/h1-16,22,29-30,33,43H,17-21,23H2,(H,41,44)(H,42,46). The van der Waals surface area contributed by atoms with Gasteiger partial charge in [-0.2, -0.15) is 13.2 Å². The van der Waals surface area contributed by atoms with Crippen molar-refractivity contribution in [3.05, 3.63) is 125 Å². The first-order valence-electron chi connectivity index (χ1n) is 16.0. The minimum atomic E-state index is -4.65. The monoisotopic (exact) mass is 708 g/mol. The first kappa shape index (κ1) is 37.0. The van der Waals surface area contributed by atoms with Gasteiger partial charge < -0.3 is 34.7 Å². The van der Waals surface area contributed by atoms with E-state index in [-0.39, 0.29) is 49.6 Å². The van der Waals surface area contributed by atoms with E-state index in [9.17, 15) is 32.3 Å². The summed E-state index contributed by atoms with van der Waals surface area (Å²) < 4.78 is 60.4. The fourth-order valence-electron chi connectivity index (χ4n) is 5.58. The van der Waals surface area contributed by atoms with Crippen LogP contribution in [0.2, 0.25) is 0 Å². The lowest BCUT2D eigenvalue weighted by Crippen LogP contribution is -2.44. The molecule has 1 aliphatic carbocycles. The van der Waals surface area contributed by atoms with Gasteiger partial charge in [0.15, 0.2) is 6.61 Å². The van der Waals surface area contributed by atoms with E-state index in [0.717, 1.165) is 6.08 Å². The smallest absolute Gasteiger partial charge is 0.422 e. The second kappa shape index (κ2) is 16.6. The van der Waals surface area contributed by atoms with E-state index in [1.807, 2.05) is 60.7 Å². The highest BCUT2D eigenvalue weighted by molar-refractivity contribution is 5.94. The van der Waals surface area contributed by atoms with E-state index in [2.05, 4.69) is 15.4 Å². The van der Waals surface area contributed by atoms with Gasteiger partial charge in [0.05, 0.1) is 12.2 Å². The van der Waals surface area contributed by atoms with E-state index >= 15 is 0 Å². The normalized spacial score (nSPS) is 19.5. The van der Waals surface area contributed by atoms with Crippen LogP contribution in [-0.4, -0.2) is 79.7 Å². The van der Waals surface area contributed by atoms with Crippen LogP contribution in [0.1, 0.15) is 39.9 Å². The summed E-state index contributed by atoms with van der Waals surface area (Å²) in [7, 11) is 0. The number of amides is 2. The number of aliphatic hydroxyl groups excluding tert-OH is 1. The number of hydrogen-bond donors (Lipinski definition) is 3. The fraction of sp³-hybridized carbons (Fsp3) is 0.297. The van der Waals surface area contributed by atoms with E-state index in [4.69, 9.17) is 19.3 Å². The lowest BCUT2D eigenvalue weighted by Gasteiger charge is -2.31. The van der Waals surface area contributed by atoms with E-state index in [0.29, 0.717) is 16.7 Å². The highest BCUT2D eigenvalue weighted by Crippen LogP contribution is 2.47. The summed E-state index contributed by atoms with van der Waals surface area (Å²) >= 11 is 0. The maximum atomic E-state index is 13.5. The molecule has 1 saturated heterocycles. The molecule has 1 aliphatic heterocycles. The van der Waals surface area contributed by atoms with Gasteiger partial charge in [-0.15, -0.1) is 0 Å². The van der Waals surface area contributed by atoms with Crippen molar-refractivity contribution in [3.8, 4) is 0 Å². The Bertz CT molecular complexity index is 1710. The topological polar surface area (TPSA) is 149 Å². The Labute approximate surface area is 291 Å². The number of hydrogen-bond acceptors (Lipinski definition) is 9. The zero-order chi connectivity index (χ0) is 36.4. The van der Waals surface area contributed by atoms with Crippen molar-refractivity contribution in [2.24, 2.45) is 0 Å². The number of fused-ring (bicyclic) bond motifs is 1. The molecule has 3 aromatic carbocycles. The number of carbonyl (C=O) groups excluding carboxylic acids is 4. The summed E-state index contributed by atoms with van der Waals surface area (Å²) in [5.41, 5.74) is 2.13. The van der Waals surface area contributed by atoms with Crippen molar-refractivity contribution in [2.45, 2.75) is 43.1 Å². The van der Waals surface area contributed by atoms with Crippen molar-refractivity contribution in [1.82, 2.24) is 10.6 Å². The Morgan fingerprint density at radius 1 is 0.882 bits per heavy atom. The molecule has 14 heteroatoms. The molecule has 0 spiro atoms. The number of alkyl halides is 3. The van der Waals surface area contributed by atoms with Crippen molar-refractivity contribution in [1.29, 1.82) is 0 Å². The second-order valence-corrected chi connectivity index (χ2v) is 11.6. The summed E-state index contributed by atoms with van der Waals surface area (Å²) in [6, 6.07) is 24.2. The lowest BCUT2D eigenvalue weighted by molar-refractivity contribution is -0.182. The molecule has 3 N–H and O–H groups in total. The Balaban J connectivity index is 1.36. The molecule has 1 fully saturated rings. The van der Waals surface area contributed by atoms with Gasteiger partial charge in [0.25, 0.3) is 0 Å². The predicted molar refractivity (Wildman–Crippen MR) is 176 cm³/mol. The van der Waals surface area contributed by atoms with Gasteiger partial charge in [-0.05, 0) is 29.8 Å². The summed E-state index contributed by atoms with van der Waals surface area (Å²) in [4.78, 5) is 50.4. The summed E-state index contributed by atoms with van der Waals surface area (Å²) in [5, 5.41) is 14.1. The van der Waals surface area contributed by atoms with Crippen LogP contribution in [0, 0.1) is 0 Å². The van der Waals surface area contributed by atoms with Crippen LogP contribution in [0.5, 0.6) is 0 Å². The number of esters is 2. The highest BCUT2D eigenvalue weighted by atomic mass is 19.4. The van der Waals surface area contributed by atoms with Crippen LogP contribution in [0.15, 0.2) is 103 Å². The van der Waals surface area contributed by atoms with Crippen LogP contribution in [0.3, 0.4) is 0 Å². The Kier molecular flexibility index (Phi) is 12.0. The van der Waals surface area contributed by atoms with Crippen molar-refractivity contribution < 1.29 is 56.4 Å². The number of benzene rings is 3. The second-order valence-electron chi connectivity index (χ2n) is 11.6. The average molecular weight is 709 g/mol. The van der Waals surface area contributed by atoms with Crippen molar-refractivity contribution in [3.63, 3.8) is 0 Å². The zero-order valence-electron chi connectivity index (χ0n) is 27.1. The number of nitrogens with one attached hydrogen (secondary N) is 2. The van der Waals surface area contributed by atoms with Crippen molar-refractivity contribution in [2.75, 3.05) is 26.3 Å². The molecule has 0 saturated carbocycles. The minimum absolute atomic E-state index is 0.0160. The third-order valence-electron chi connectivity index (χ3n) is 7.95. The summed E-state index contributed by atoms with van der Waals surface area (Å²) in [5.74, 6) is -4.18. The number of aliphatic hydroxyl groups is 1.